The normalized spacial score (nSPS) is 13.7. The van der Waals surface area contributed by atoms with Gasteiger partial charge in [0.25, 0.3) is 0 Å². The van der Waals surface area contributed by atoms with E-state index in [1.807, 2.05) is 7.05 Å². The lowest BCUT2D eigenvalue weighted by atomic mass is 9.94. The maximum Gasteiger partial charge on any atom is 0.0366 e. The SMILES string of the molecule is CNC(c1ccccc1)C(C)CN(C)c1cccc(C)c1. The second kappa shape index (κ2) is 7.28. The highest BCUT2D eigenvalue weighted by molar-refractivity contribution is 5.47. The maximum absolute atomic E-state index is 3.46. The number of aryl methyl sites for hydroxylation is 1. The molecule has 2 unspecified atom stereocenters. The molecule has 112 valence electrons. The number of benzene rings is 2. The summed E-state index contributed by atoms with van der Waals surface area (Å²) >= 11 is 0. The Balaban J connectivity index is 2.07. The number of rotatable bonds is 6. The summed E-state index contributed by atoms with van der Waals surface area (Å²) in [5.41, 5.74) is 3.94. The van der Waals surface area contributed by atoms with Crippen LogP contribution in [0, 0.1) is 12.8 Å². The lowest BCUT2D eigenvalue weighted by molar-refractivity contribution is 0.414. The standard InChI is InChI=1S/C19H26N2/c1-15-9-8-12-18(13-15)21(4)14-16(2)19(20-3)17-10-6-5-7-11-17/h5-13,16,19-20H,14H2,1-4H3. The summed E-state index contributed by atoms with van der Waals surface area (Å²) < 4.78 is 0. The summed E-state index contributed by atoms with van der Waals surface area (Å²) in [5.74, 6) is 0.517. The van der Waals surface area contributed by atoms with Crippen LogP contribution in [0.1, 0.15) is 24.1 Å². The summed E-state index contributed by atoms with van der Waals surface area (Å²) in [7, 11) is 4.21. The first-order chi connectivity index (χ1) is 10.1. The first-order valence-corrected chi connectivity index (χ1v) is 7.62. The Morgan fingerprint density at radius 3 is 2.38 bits per heavy atom. The first-order valence-electron chi connectivity index (χ1n) is 7.62. The van der Waals surface area contributed by atoms with Crippen molar-refractivity contribution in [2.75, 3.05) is 25.5 Å². The molecule has 0 aromatic heterocycles. The van der Waals surface area contributed by atoms with Gasteiger partial charge in [-0.15, -0.1) is 0 Å². The molecule has 21 heavy (non-hydrogen) atoms. The maximum atomic E-state index is 3.46. The summed E-state index contributed by atoms with van der Waals surface area (Å²) in [6, 6.07) is 19.7. The number of hydrogen-bond donors (Lipinski definition) is 1. The zero-order chi connectivity index (χ0) is 15.2. The van der Waals surface area contributed by atoms with E-state index in [9.17, 15) is 0 Å². The Morgan fingerprint density at radius 2 is 1.76 bits per heavy atom. The van der Waals surface area contributed by atoms with E-state index in [4.69, 9.17) is 0 Å². The highest BCUT2D eigenvalue weighted by Crippen LogP contribution is 2.24. The van der Waals surface area contributed by atoms with Crippen LogP contribution < -0.4 is 10.2 Å². The highest BCUT2D eigenvalue weighted by atomic mass is 15.1. The molecule has 0 bridgehead atoms. The monoisotopic (exact) mass is 282 g/mol. The van der Waals surface area contributed by atoms with E-state index in [1.165, 1.54) is 16.8 Å². The van der Waals surface area contributed by atoms with Gasteiger partial charge in [0.2, 0.25) is 0 Å². The Kier molecular flexibility index (Phi) is 5.40. The molecule has 0 fully saturated rings. The lowest BCUT2D eigenvalue weighted by Crippen LogP contribution is -2.32. The third kappa shape index (κ3) is 4.08. The molecular weight excluding hydrogens is 256 g/mol. The van der Waals surface area contributed by atoms with Gasteiger partial charge in [0.05, 0.1) is 0 Å². The van der Waals surface area contributed by atoms with E-state index < -0.39 is 0 Å². The number of anilines is 1. The second-order valence-electron chi connectivity index (χ2n) is 5.87. The summed E-state index contributed by atoms with van der Waals surface area (Å²) in [5, 5.41) is 3.46. The molecule has 0 amide bonds. The molecule has 2 rings (SSSR count). The molecule has 1 N–H and O–H groups in total. The molecule has 0 aliphatic carbocycles. The predicted octanol–water partition coefficient (Wildman–Crippen LogP) is 4.03. The molecule has 0 aliphatic rings. The van der Waals surface area contributed by atoms with E-state index in [-0.39, 0.29) is 0 Å². The molecule has 2 atom stereocenters. The molecule has 0 saturated heterocycles. The van der Waals surface area contributed by atoms with Gasteiger partial charge in [0.1, 0.15) is 0 Å². The van der Waals surface area contributed by atoms with Gasteiger partial charge in [-0.3, -0.25) is 0 Å². The van der Waals surface area contributed by atoms with Gasteiger partial charge in [0, 0.05) is 25.3 Å². The van der Waals surface area contributed by atoms with E-state index in [1.54, 1.807) is 0 Å². The van der Waals surface area contributed by atoms with Crippen molar-refractivity contribution in [2.24, 2.45) is 5.92 Å². The fourth-order valence-corrected chi connectivity index (χ4v) is 2.95. The second-order valence-corrected chi connectivity index (χ2v) is 5.87. The van der Waals surface area contributed by atoms with Crippen molar-refractivity contribution in [3.05, 3.63) is 65.7 Å². The molecule has 2 heteroatoms. The van der Waals surface area contributed by atoms with E-state index in [0.29, 0.717) is 12.0 Å². The molecule has 0 spiro atoms. The van der Waals surface area contributed by atoms with Crippen LogP contribution in [0.4, 0.5) is 5.69 Å². The number of hydrogen-bond acceptors (Lipinski definition) is 2. The van der Waals surface area contributed by atoms with Gasteiger partial charge < -0.3 is 10.2 Å². The van der Waals surface area contributed by atoms with Gasteiger partial charge in [-0.1, -0.05) is 49.4 Å². The van der Waals surface area contributed by atoms with Crippen LogP contribution in [-0.4, -0.2) is 20.6 Å². The quantitative estimate of drug-likeness (QED) is 0.860. The topological polar surface area (TPSA) is 15.3 Å². The fraction of sp³-hybridized carbons (Fsp3) is 0.368. The molecule has 2 aromatic carbocycles. The van der Waals surface area contributed by atoms with Crippen molar-refractivity contribution in [1.82, 2.24) is 5.32 Å². The number of nitrogens with one attached hydrogen (secondary N) is 1. The van der Waals surface area contributed by atoms with Crippen LogP contribution in [0.5, 0.6) is 0 Å². The van der Waals surface area contributed by atoms with Gasteiger partial charge in [-0.2, -0.15) is 0 Å². The van der Waals surface area contributed by atoms with Gasteiger partial charge in [-0.05, 0) is 43.1 Å². The summed E-state index contributed by atoms with van der Waals surface area (Å²) in [6.45, 7) is 5.46. The molecule has 2 aromatic rings. The van der Waals surface area contributed by atoms with Crippen LogP contribution in [0.15, 0.2) is 54.6 Å². The van der Waals surface area contributed by atoms with Crippen LogP contribution in [0.25, 0.3) is 0 Å². The summed E-state index contributed by atoms with van der Waals surface area (Å²) in [6.07, 6.45) is 0. The predicted molar refractivity (Wildman–Crippen MR) is 91.9 cm³/mol. The average Bonchev–Trinajstić information content (AvgIpc) is 2.49. The van der Waals surface area contributed by atoms with Crippen LogP contribution in [-0.2, 0) is 0 Å². The van der Waals surface area contributed by atoms with E-state index >= 15 is 0 Å². The Labute approximate surface area is 128 Å². The van der Waals surface area contributed by atoms with Crippen LogP contribution in [0.2, 0.25) is 0 Å². The zero-order valence-electron chi connectivity index (χ0n) is 13.5. The fourth-order valence-electron chi connectivity index (χ4n) is 2.95. The number of nitrogens with zero attached hydrogens (tertiary/aromatic N) is 1. The zero-order valence-corrected chi connectivity index (χ0v) is 13.5. The first kappa shape index (κ1) is 15.6. The Bertz CT molecular complexity index is 551. The van der Waals surface area contributed by atoms with Crippen molar-refractivity contribution in [3.8, 4) is 0 Å². The molecule has 2 nitrogen and oxygen atoms in total. The molecule has 0 heterocycles. The van der Waals surface area contributed by atoms with Gasteiger partial charge >= 0.3 is 0 Å². The molecule has 0 radical (unpaired) electrons. The van der Waals surface area contributed by atoms with Crippen LogP contribution >= 0.6 is 0 Å². The minimum Gasteiger partial charge on any atom is -0.374 e. The van der Waals surface area contributed by atoms with E-state index in [0.717, 1.165) is 6.54 Å². The van der Waals surface area contributed by atoms with Crippen molar-refractivity contribution in [2.45, 2.75) is 19.9 Å². The lowest BCUT2D eigenvalue weighted by Gasteiger charge is -2.29. The van der Waals surface area contributed by atoms with Gasteiger partial charge in [0.15, 0.2) is 0 Å². The highest BCUT2D eigenvalue weighted by Gasteiger charge is 2.19. The Hall–Kier alpha value is -1.80. The smallest absolute Gasteiger partial charge is 0.0366 e. The third-order valence-electron chi connectivity index (χ3n) is 4.04. The Morgan fingerprint density at radius 1 is 1.05 bits per heavy atom. The van der Waals surface area contributed by atoms with Crippen molar-refractivity contribution >= 4 is 5.69 Å². The summed E-state index contributed by atoms with van der Waals surface area (Å²) in [4.78, 5) is 2.34. The third-order valence-corrected chi connectivity index (χ3v) is 4.04. The van der Waals surface area contributed by atoms with Crippen molar-refractivity contribution in [1.29, 1.82) is 0 Å². The minimum atomic E-state index is 0.374. The van der Waals surface area contributed by atoms with Crippen molar-refractivity contribution < 1.29 is 0 Å². The van der Waals surface area contributed by atoms with E-state index in [2.05, 4.69) is 85.7 Å². The van der Waals surface area contributed by atoms with Crippen LogP contribution in [0.3, 0.4) is 0 Å². The van der Waals surface area contributed by atoms with Gasteiger partial charge in [-0.25, -0.2) is 0 Å². The molecule has 0 aliphatic heterocycles. The largest absolute Gasteiger partial charge is 0.374 e. The minimum absolute atomic E-state index is 0.374. The molecule has 0 saturated carbocycles. The van der Waals surface area contributed by atoms with Crippen molar-refractivity contribution in [3.63, 3.8) is 0 Å². The average molecular weight is 282 g/mol. The molecular formula is C19H26N2.